The van der Waals surface area contributed by atoms with Crippen molar-refractivity contribution in [1.82, 2.24) is 14.5 Å². The zero-order valence-corrected chi connectivity index (χ0v) is 24.9. The van der Waals surface area contributed by atoms with Crippen molar-refractivity contribution in [3.05, 3.63) is 91.1 Å². The number of pyridine rings is 1. The highest BCUT2D eigenvalue weighted by atomic mass is 35.5. The van der Waals surface area contributed by atoms with E-state index in [9.17, 15) is 9.59 Å². The van der Waals surface area contributed by atoms with Crippen LogP contribution in [-0.4, -0.2) is 40.6 Å². The van der Waals surface area contributed by atoms with E-state index >= 15 is 0 Å². The van der Waals surface area contributed by atoms with Gasteiger partial charge in [0.15, 0.2) is 0 Å². The average molecular weight is 595 g/mol. The van der Waals surface area contributed by atoms with E-state index in [2.05, 4.69) is 0 Å². The van der Waals surface area contributed by atoms with Crippen molar-refractivity contribution in [2.45, 2.75) is 33.1 Å². The van der Waals surface area contributed by atoms with Crippen molar-refractivity contribution < 1.29 is 9.53 Å². The molecular formula is C31H29Cl2N3O3S. The van der Waals surface area contributed by atoms with Crippen LogP contribution in [0.4, 0.5) is 0 Å². The van der Waals surface area contributed by atoms with E-state index in [0.717, 1.165) is 36.1 Å². The number of thiazole rings is 1. The molecule has 0 N–H and O–H groups in total. The molecule has 0 aliphatic carbocycles. The van der Waals surface area contributed by atoms with E-state index in [1.165, 1.54) is 15.9 Å². The molecular weight excluding hydrogens is 565 g/mol. The lowest BCUT2D eigenvalue weighted by Crippen LogP contribution is -2.37. The lowest BCUT2D eigenvalue weighted by atomic mass is 10.0. The molecule has 0 atom stereocenters. The molecule has 1 aliphatic rings. The molecule has 0 spiro atoms. The number of methoxy groups -OCH3 is 1. The van der Waals surface area contributed by atoms with Gasteiger partial charge in [-0.25, -0.2) is 4.98 Å². The number of carbonyl (C=O) groups excluding carboxylic acids is 1. The van der Waals surface area contributed by atoms with Gasteiger partial charge in [0.1, 0.15) is 10.8 Å². The molecule has 3 heterocycles. The van der Waals surface area contributed by atoms with Crippen LogP contribution in [0.15, 0.2) is 64.3 Å². The number of hydrogen-bond donors (Lipinski definition) is 0. The third kappa shape index (κ3) is 5.73. The van der Waals surface area contributed by atoms with Crippen LogP contribution in [0.5, 0.6) is 5.75 Å². The van der Waals surface area contributed by atoms with Gasteiger partial charge in [0.2, 0.25) is 0 Å². The second-order valence-electron chi connectivity index (χ2n) is 9.93. The van der Waals surface area contributed by atoms with E-state index in [4.69, 9.17) is 32.9 Å². The fourth-order valence-electron chi connectivity index (χ4n) is 4.82. The number of likely N-dealkylation sites (tertiary alicyclic amines) is 1. The molecule has 0 unspecified atom stereocenters. The van der Waals surface area contributed by atoms with Crippen LogP contribution >= 0.6 is 34.5 Å². The molecule has 4 aromatic rings. The monoisotopic (exact) mass is 593 g/mol. The summed E-state index contributed by atoms with van der Waals surface area (Å²) >= 11 is 14.1. The van der Waals surface area contributed by atoms with Crippen LogP contribution in [0.2, 0.25) is 10.0 Å². The highest BCUT2D eigenvalue weighted by molar-refractivity contribution is 7.13. The number of ether oxygens (including phenoxy) is 1. The molecule has 9 heteroatoms. The van der Waals surface area contributed by atoms with Crippen LogP contribution < -0.4 is 10.3 Å². The Morgan fingerprint density at radius 3 is 2.42 bits per heavy atom. The summed E-state index contributed by atoms with van der Waals surface area (Å²) in [5.41, 5.74) is 3.89. The minimum Gasteiger partial charge on any atom is -0.497 e. The lowest BCUT2D eigenvalue weighted by Gasteiger charge is -2.28. The summed E-state index contributed by atoms with van der Waals surface area (Å²) in [4.78, 5) is 35.0. The number of halogens is 2. The van der Waals surface area contributed by atoms with Gasteiger partial charge >= 0.3 is 0 Å². The van der Waals surface area contributed by atoms with Crippen molar-refractivity contribution in [2.75, 3.05) is 20.2 Å². The molecule has 206 valence electrons. The Kier molecular flexibility index (Phi) is 8.45. The maximum absolute atomic E-state index is 14.3. The largest absolute Gasteiger partial charge is 0.497 e. The van der Waals surface area contributed by atoms with Gasteiger partial charge in [-0.05, 0) is 69.5 Å². The van der Waals surface area contributed by atoms with Gasteiger partial charge in [-0.2, -0.15) is 0 Å². The van der Waals surface area contributed by atoms with Crippen LogP contribution in [-0.2, 0) is 0 Å². The molecule has 0 radical (unpaired) electrons. The van der Waals surface area contributed by atoms with Crippen LogP contribution in [0.1, 0.15) is 49.2 Å². The lowest BCUT2D eigenvalue weighted by molar-refractivity contribution is 0.0723. The summed E-state index contributed by atoms with van der Waals surface area (Å²) in [5.74, 6) is 0.429. The highest BCUT2D eigenvalue weighted by Crippen LogP contribution is 2.33. The van der Waals surface area contributed by atoms with Crippen molar-refractivity contribution in [1.29, 1.82) is 0 Å². The van der Waals surface area contributed by atoms with Gasteiger partial charge in [0.05, 0.1) is 40.3 Å². The Hall–Kier alpha value is -3.39. The predicted octanol–water partition coefficient (Wildman–Crippen LogP) is 7.99. The standard InChI is InChI=1S/C31H29Cl2N3O3S/c1-19(2)15-27-23(30(37)35-13-5-4-6-14-35)17-24(29-34-26(18-40-29)20-7-9-21(32)10-8-20)31(38)36(27)28-16-22(39-3)11-12-25(28)33/h7-12,15-18H,4-6,13-14H2,1-3H3. The van der Waals surface area contributed by atoms with Gasteiger partial charge in [-0.3, -0.25) is 14.2 Å². The quantitative estimate of drug-likeness (QED) is 0.227. The Morgan fingerprint density at radius 1 is 1.02 bits per heavy atom. The van der Waals surface area contributed by atoms with E-state index < -0.39 is 0 Å². The number of hydrogen-bond acceptors (Lipinski definition) is 5. The molecule has 5 rings (SSSR count). The maximum atomic E-state index is 14.3. The number of aromatic nitrogens is 2. The first kappa shape index (κ1) is 28.1. The third-order valence-electron chi connectivity index (χ3n) is 6.81. The predicted molar refractivity (Wildman–Crippen MR) is 164 cm³/mol. The van der Waals surface area contributed by atoms with Gasteiger partial charge in [-0.1, -0.05) is 40.9 Å². The van der Waals surface area contributed by atoms with Crippen LogP contribution in [0.3, 0.4) is 0 Å². The highest BCUT2D eigenvalue weighted by Gasteiger charge is 2.27. The Morgan fingerprint density at radius 2 is 1.75 bits per heavy atom. The summed E-state index contributed by atoms with van der Waals surface area (Å²) in [6, 6.07) is 14.2. The number of piperidine rings is 1. The second kappa shape index (κ2) is 12.0. The average Bonchev–Trinajstić information content (AvgIpc) is 3.44. The van der Waals surface area contributed by atoms with Gasteiger partial charge in [-0.15, -0.1) is 11.3 Å². The van der Waals surface area contributed by atoms with Crippen molar-refractivity contribution in [3.63, 3.8) is 0 Å². The second-order valence-corrected chi connectivity index (χ2v) is 11.6. The SMILES string of the molecule is COc1ccc(Cl)c(-n2c(C=C(C)C)c(C(=O)N3CCCCC3)cc(-c3nc(-c4ccc(Cl)cc4)cs3)c2=O)c1. The summed E-state index contributed by atoms with van der Waals surface area (Å²) in [7, 11) is 1.56. The Balaban J connectivity index is 1.78. The molecule has 0 saturated carbocycles. The minimum atomic E-state index is -0.324. The molecule has 2 aromatic heterocycles. The number of nitrogens with zero attached hydrogens (tertiary/aromatic N) is 3. The fourth-order valence-corrected chi connectivity index (χ4v) is 5.98. The Labute approximate surface area is 247 Å². The molecule has 1 fully saturated rings. The molecule has 1 amide bonds. The molecule has 2 aromatic carbocycles. The van der Waals surface area contributed by atoms with E-state index in [1.807, 2.05) is 42.3 Å². The number of rotatable bonds is 6. The fraction of sp³-hybridized carbons (Fsp3) is 0.258. The Bertz CT molecular complexity index is 1650. The van der Waals surface area contributed by atoms with Crippen LogP contribution in [0, 0.1) is 0 Å². The normalized spacial score (nSPS) is 13.3. The van der Waals surface area contributed by atoms with Gasteiger partial charge in [0.25, 0.3) is 11.5 Å². The molecule has 0 bridgehead atoms. The number of benzene rings is 2. The number of amides is 1. The first-order chi connectivity index (χ1) is 19.3. The minimum absolute atomic E-state index is 0.115. The summed E-state index contributed by atoms with van der Waals surface area (Å²) in [5, 5.41) is 3.41. The van der Waals surface area contributed by atoms with Crippen molar-refractivity contribution in [2.24, 2.45) is 0 Å². The number of allylic oxidation sites excluding steroid dienone is 1. The zero-order chi connectivity index (χ0) is 28.4. The van der Waals surface area contributed by atoms with Crippen LogP contribution in [0.25, 0.3) is 33.6 Å². The van der Waals surface area contributed by atoms with E-state index in [0.29, 0.717) is 56.4 Å². The maximum Gasteiger partial charge on any atom is 0.265 e. The molecule has 40 heavy (non-hydrogen) atoms. The summed E-state index contributed by atoms with van der Waals surface area (Å²) < 4.78 is 6.98. The molecule has 6 nitrogen and oxygen atoms in total. The van der Waals surface area contributed by atoms with E-state index in [1.54, 1.807) is 43.5 Å². The van der Waals surface area contributed by atoms with E-state index in [-0.39, 0.29) is 11.5 Å². The molecule has 1 saturated heterocycles. The summed E-state index contributed by atoms with van der Waals surface area (Å²) in [6.07, 6.45) is 4.87. The van der Waals surface area contributed by atoms with Crippen molar-refractivity contribution in [3.8, 4) is 33.3 Å². The first-order valence-corrected chi connectivity index (χ1v) is 14.7. The number of carbonyl (C=O) groups is 1. The topological polar surface area (TPSA) is 64.4 Å². The molecule has 1 aliphatic heterocycles. The smallest absolute Gasteiger partial charge is 0.265 e. The third-order valence-corrected chi connectivity index (χ3v) is 8.25. The van der Waals surface area contributed by atoms with Gasteiger partial charge < -0.3 is 9.64 Å². The van der Waals surface area contributed by atoms with Crippen molar-refractivity contribution >= 4 is 46.5 Å². The first-order valence-electron chi connectivity index (χ1n) is 13.1. The van der Waals surface area contributed by atoms with Gasteiger partial charge in [0, 0.05) is 35.1 Å². The zero-order valence-electron chi connectivity index (χ0n) is 22.5. The summed E-state index contributed by atoms with van der Waals surface area (Å²) in [6.45, 7) is 5.23.